The Kier molecular flexibility index (Phi) is 6.36. The van der Waals surface area contributed by atoms with Crippen LogP contribution in [-0.2, 0) is 13.6 Å². The maximum atomic E-state index is 5.59. The van der Waals surface area contributed by atoms with Gasteiger partial charge < -0.3 is 5.32 Å². The molecular weight excluding hydrogens is 212 g/mol. The first-order valence-corrected chi connectivity index (χ1v) is 5.97. The Labute approximate surface area is 96.0 Å². The van der Waals surface area contributed by atoms with Crippen LogP contribution >= 0.6 is 11.6 Å². The predicted molar refractivity (Wildman–Crippen MR) is 61.9 cm³/mol. The van der Waals surface area contributed by atoms with Crippen molar-refractivity contribution in [2.75, 3.05) is 12.4 Å². The summed E-state index contributed by atoms with van der Waals surface area (Å²) in [5.74, 6) is 1.77. The highest BCUT2D eigenvalue weighted by atomic mass is 35.5. The average molecular weight is 231 g/mol. The van der Waals surface area contributed by atoms with Gasteiger partial charge >= 0.3 is 0 Å². The smallest absolute Gasteiger partial charge is 0.140 e. The van der Waals surface area contributed by atoms with Crippen molar-refractivity contribution in [3.05, 3.63) is 12.2 Å². The van der Waals surface area contributed by atoms with E-state index in [0.29, 0.717) is 0 Å². The van der Waals surface area contributed by atoms with Crippen LogP contribution in [0, 0.1) is 0 Å². The molecule has 0 aliphatic rings. The molecule has 4 nitrogen and oxygen atoms in total. The predicted octanol–water partition coefficient (Wildman–Crippen LogP) is 1.70. The zero-order valence-electron chi connectivity index (χ0n) is 9.25. The molecular formula is C10H19ClN4. The molecule has 0 fully saturated rings. The molecule has 1 aromatic heterocycles. The molecule has 86 valence electrons. The number of nitrogens with one attached hydrogen (secondary N) is 1. The van der Waals surface area contributed by atoms with Gasteiger partial charge in [0, 0.05) is 12.9 Å². The second kappa shape index (κ2) is 7.65. The van der Waals surface area contributed by atoms with Crippen LogP contribution in [0.4, 0.5) is 0 Å². The quantitative estimate of drug-likeness (QED) is 0.546. The number of aryl methyl sites for hydroxylation is 1. The summed E-state index contributed by atoms with van der Waals surface area (Å²) in [7, 11) is 1.91. The fourth-order valence-electron chi connectivity index (χ4n) is 1.38. The van der Waals surface area contributed by atoms with Gasteiger partial charge in [0.15, 0.2) is 0 Å². The lowest BCUT2D eigenvalue weighted by molar-refractivity contribution is 0.571. The minimum Gasteiger partial charge on any atom is -0.310 e. The van der Waals surface area contributed by atoms with Gasteiger partial charge in [-0.15, -0.1) is 11.6 Å². The summed E-state index contributed by atoms with van der Waals surface area (Å²) in [5, 5.41) is 7.36. The SMILES string of the molecule is Cn1ncnc1CNCCCCCCCl. The van der Waals surface area contributed by atoms with E-state index >= 15 is 0 Å². The zero-order chi connectivity index (χ0) is 10.9. The highest BCUT2D eigenvalue weighted by molar-refractivity contribution is 6.17. The van der Waals surface area contributed by atoms with E-state index in [1.165, 1.54) is 19.3 Å². The first-order chi connectivity index (χ1) is 7.34. The largest absolute Gasteiger partial charge is 0.310 e. The molecule has 15 heavy (non-hydrogen) atoms. The van der Waals surface area contributed by atoms with Gasteiger partial charge in [-0.3, -0.25) is 4.68 Å². The van der Waals surface area contributed by atoms with Gasteiger partial charge in [0.05, 0.1) is 6.54 Å². The molecule has 0 aliphatic heterocycles. The summed E-state index contributed by atoms with van der Waals surface area (Å²) in [6.45, 7) is 1.83. The molecule has 0 unspecified atom stereocenters. The number of nitrogens with zero attached hydrogens (tertiary/aromatic N) is 3. The van der Waals surface area contributed by atoms with Crippen LogP contribution in [-0.4, -0.2) is 27.2 Å². The second-order valence-electron chi connectivity index (χ2n) is 3.58. The normalized spacial score (nSPS) is 10.8. The minimum atomic E-state index is 0.784. The fourth-order valence-corrected chi connectivity index (χ4v) is 1.57. The maximum Gasteiger partial charge on any atom is 0.140 e. The van der Waals surface area contributed by atoms with Crippen molar-refractivity contribution in [3.8, 4) is 0 Å². The minimum absolute atomic E-state index is 0.784. The first-order valence-electron chi connectivity index (χ1n) is 5.44. The van der Waals surface area contributed by atoms with Gasteiger partial charge in [0.1, 0.15) is 12.2 Å². The molecule has 5 heteroatoms. The summed E-state index contributed by atoms with van der Waals surface area (Å²) >= 11 is 5.59. The molecule has 0 saturated carbocycles. The van der Waals surface area contributed by atoms with E-state index in [-0.39, 0.29) is 0 Å². The highest BCUT2D eigenvalue weighted by Gasteiger charge is 1.98. The number of hydrogen-bond donors (Lipinski definition) is 1. The van der Waals surface area contributed by atoms with E-state index < -0.39 is 0 Å². The zero-order valence-corrected chi connectivity index (χ0v) is 10.0. The molecule has 0 bridgehead atoms. The van der Waals surface area contributed by atoms with Gasteiger partial charge in [-0.25, -0.2) is 4.98 Å². The molecule has 0 amide bonds. The summed E-state index contributed by atoms with van der Waals surface area (Å²) in [6, 6.07) is 0. The number of rotatable bonds is 8. The topological polar surface area (TPSA) is 42.7 Å². The van der Waals surface area contributed by atoms with Crippen LogP contribution < -0.4 is 5.32 Å². The summed E-state index contributed by atoms with van der Waals surface area (Å²) in [5.41, 5.74) is 0. The van der Waals surface area contributed by atoms with Crippen LogP contribution in [0.3, 0.4) is 0 Å². The molecule has 1 N–H and O–H groups in total. The molecule has 1 aromatic rings. The molecule has 0 radical (unpaired) electrons. The highest BCUT2D eigenvalue weighted by Crippen LogP contribution is 2.00. The van der Waals surface area contributed by atoms with Crippen molar-refractivity contribution >= 4 is 11.6 Å². The van der Waals surface area contributed by atoms with Crippen LogP contribution in [0.2, 0.25) is 0 Å². The van der Waals surface area contributed by atoms with Crippen molar-refractivity contribution in [2.45, 2.75) is 32.2 Å². The summed E-state index contributed by atoms with van der Waals surface area (Å²) in [6.07, 6.45) is 6.39. The van der Waals surface area contributed by atoms with Gasteiger partial charge in [-0.2, -0.15) is 5.10 Å². The average Bonchev–Trinajstić information content (AvgIpc) is 2.63. The second-order valence-corrected chi connectivity index (χ2v) is 3.96. The standard InChI is InChI=1S/C10H19ClN4/c1-15-10(13-9-14-15)8-12-7-5-3-2-4-6-11/h9,12H,2-8H2,1H3. The van der Waals surface area contributed by atoms with Gasteiger partial charge in [-0.1, -0.05) is 12.8 Å². The van der Waals surface area contributed by atoms with Crippen LogP contribution in [0.1, 0.15) is 31.5 Å². The van der Waals surface area contributed by atoms with Gasteiger partial charge in [0.2, 0.25) is 0 Å². The number of unbranched alkanes of at least 4 members (excludes halogenated alkanes) is 3. The van der Waals surface area contributed by atoms with E-state index in [0.717, 1.165) is 31.2 Å². The lowest BCUT2D eigenvalue weighted by atomic mass is 10.2. The Hall–Kier alpha value is -0.610. The van der Waals surface area contributed by atoms with Gasteiger partial charge in [0.25, 0.3) is 0 Å². The van der Waals surface area contributed by atoms with E-state index in [4.69, 9.17) is 11.6 Å². The molecule has 1 rings (SSSR count). The maximum absolute atomic E-state index is 5.59. The molecule has 0 aromatic carbocycles. The van der Waals surface area contributed by atoms with E-state index in [9.17, 15) is 0 Å². The van der Waals surface area contributed by atoms with Crippen molar-refractivity contribution in [1.82, 2.24) is 20.1 Å². The van der Waals surface area contributed by atoms with Crippen molar-refractivity contribution in [2.24, 2.45) is 7.05 Å². The van der Waals surface area contributed by atoms with Crippen molar-refractivity contribution in [1.29, 1.82) is 0 Å². The van der Waals surface area contributed by atoms with Crippen molar-refractivity contribution < 1.29 is 0 Å². The Morgan fingerprint density at radius 1 is 1.33 bits per heavy atom. The Morgan fingerprint density at radius 2 is 2.13 bits per heavy atom. The Bertz CT molecular complexity index is 262. The number of aromatic nitrogens is 3. The number of hydrogen-bond acceptors (Lipinski definition) is 3. The van der Waals surface area contributed by atoms with E-state index in [1.807, 2.05) is 7.05 Å². The molecule has 1 heterocycles. The lowest BCUT2D eigenvalue weighted by Gasteiger charge is -2.03. The molecule has 0 aliphatic carbocycles. The van der Waals surface area contributed by atoms with E-state index in [2.05, 4.69) is 15.4 Å². The van der Waals surface area contributed by atoms with Crippen molar-refractivity contribution in [3.63, 3.8) is 0 Å². The Morgan fingerprint density at radius 3 is 2.80 bits per heavy atom. The number of halogens is 1. The van der Waals surface area contributed by atoms with E-state index in [1.54, 1.807) is 11.0 Å². The number of alkyl halides is 1. The molecule has 0 spiro atoms. The third-order valence-electron chi connectivity index (χ3n) is 2.33. The third-order valence-corrected chi connectivity index (χ3v) is 2.59. The fraction of sp³-hybridized carbons (Fsp3) is 0.800. The first kappa shape index (κ1) is 12.5. The lowest BCUT2D eigenvalue weighted by Crippen LogP contribution is -2.17. The van der Waals surface area contributed by atoms with Gasteiger partial charge in [-0.05, 0) is 19.4 Å². The summed E-state index contributed by atoms with van der Waals surface area (Å²) < 4.78 is 1.79. The monoisotopic (exact) mass is 230 g/mol. The summed E-state index contributed by atoms with van der Waals surface area (Å²) in [4.78, 5) is 4.13. The molecule has 0 saturated heterocycles. The van der Waals surface area contributed by atoms with Crippen LogP contribution in [0.15, 0.2) is 6.33 Å². The Balaban J connectivity index is 1.96. The van der Waals surface area contributed by atoms with Crippen LogP contribution in [0.25, 0.3) is 0 Å². The third kappa shape index (κ3) is 5.14. The van der Waals surface area contributed by atoms with Crippen LogP contribution in [0.5, 0.6) is 0 Å². The molecule has 0 atom stereocenters.